The third-order valence-electron chi connectivity index (χ3n) is 3.82. The van der Waals surface area contributed by atoms with Crippen LogP contribution >= 0.6 is 15.9 Å². The summed E-state index contributed by atoms with van der Waals surface area (Å²) in [5.41, 5.74) is 3.04. The number of benzene rings is 1. The Bertz CT molecular complexity index is 386. The van der Waals surface area contributed by atoms with Gasteiger partial charge in [-0.15, -0.1) is 0 Å². The van der Waals surface area contributed by atoms with Gasteiger partial charge in [0.25, 0.3) is 0 Å². The summed E-state index contributed by atoms with van der Waals surface area (Å²) in [6.07, 6.45) is 4.06. The molecule has 0 unspecified atom stereocenters. The van der Waals surface area contributed by atoms with Crippen molar-refractivity contribution in [3.05, 3.63) is 28.2 Å². The van der Waals surface area contributed by atoms with Crippen LogP contribution in [0.2, 0.25) is 0 Å². The van der Waals surface area contributed by atoms with Crippen molar-refractivity contribution in [1.29, 1.82) is 0 Å². The van der Waals surface area contributed by atoms with Crippen molar-refractivity contribution in [2.24, 2.45) is 5.41 Å². The number of halogens is 1. The highest BCUT2D eigenvalue weighted by molar-refractivity contribution is 9.10. The molecule has 2 N–H and O–H groups in total. The average molecular weight is 297 g/mol. The van der Waals surface area contributed by atoms with E-state index in [0.717, 1.165) is 17.6 Å². The Hall–Kier alpha value is -0.540. The molecule has 0 saturated heterocycles. The highest BCUT2D eigenvalue weighted by atomic mass is 79.9. The van der Waals surface area contributed by atoms with Gasteiger partial charge < -0.3 is 10.6 Å². The Morgan fingerprint density at radius 3 is 2.65 bits per heavy atom. The fourth-order valence-electron chi connectivity index (χ4n) is 2.54. The Labute approximate surface area is 112 Å². The van der Waals surface area contributed by atoms with Crippen molar-refractivity contribution in [1.82, 2.24) is 5.32 Å². The maximum atomic E-state index is 3.61. The molecule has 1 aromatic carbocycles. The van der Waals surface area contributed by atoms with Gasteiger partial charge in [0.15, 0.2) is 0 Å². The van der Waals surface area contributed by atoms with E-state index in [9.17, 15) is 0 Å². The second kappa shape index (κ2) is 5.40. The maximum absolute atomic E-state index is 3.61. The lowest BCUT2D eigenvalue weighted by Crippen LogP contribution is -2.44. The second-order valence-electron chi connectivity index (χ2n) is 5.20. The molecule has 1 aliphatic rings. The first kappa shape index (κ1) is 12.9. The fourth-order valence-corrected chi connectivity index (χ4v) is 2.90. The van der Waals surface area contributed by atoms with Crippen molar-refractivity contribution < 1.29 is 0 Å². The fraction of sp³-hybridized carbons (Fsp3) is 0.571. The van der Waals surface area contributed by atoms with Crippen LogP contribution in [-0.4, -0.2) is 20.1 Å². The largest absolute Gasteiger partial charge is 0.384 e. The third-order valence-corrected chi connectivity index (χ3v) is 4.31. The van der Waals surface area contributed by atoms with E-state index in [4.69, 9.17) is 0 Å². The molecule has 0 spiro atoms. The smallest absolute Gasteiger partial charge is 0.0381 e. The van der Waals surface area contributed by atoms with Gasteiger partial charge in [-0.05, 0) is 44.5 Å². The van der Waals surface area contributed by atoms with Crippen LogP contribution < -0.4 is 10.6 Å². The van der Waals surface area contributed by atoms with Crippen LogP contribution in [0.4, 0.5) is 5.69 Å². The highest BCUT2D eigenvalue weighted by Crippen LogP contribution is 2.40. The van der Waals surface area contributed by atoms with Crippen LogP contribution in [0.1, 0.15) is 24.8 Å². The molecule has 17 heavy (non-hydrogen) atoms. The minimum atomic E-state index is 0.476. The van der Waals surface area contributed by atoms with E-state index in [1.165, 1.54) is 30.5 Å². The van der Waals surface area contributed by atoms with Gasteiger partial charge in [-0.2, -0.15) is 0 Å². The molecule has 94 valence electrons. The summed E-state index contributed by atoms with van der Waals surface area (Å²) in [6, 6.07) is 6.41. The lowest BCUT2D eigenvalue weighted by Gasteiger charge is -2.42. The Kier molecular flexibility index (Phi) is 4.10. The summed E-state index contributed by atoms with van der Waals surface area (Å²) in [5.74, 6) is 0. The zero-order valence-electron chi connectivity index (χ0n) is 10.6. The predicted octanol–water partition coefficient (Wildman–Crippen LogP) is 3.56. The van der Waals surface area contributed by atoms with E-state index < -0.39 is 0 Å². The molecule has 1 fully saturated rings. The van der Waals surface area contributed by atoms with Gasteiger partial charge in [-0.25, -0.2) is 0 Å². The van der Waals surface area contributed by atoms with Crippen LogP contribution in [0.3, 0.4) is 0 Å². The molecule has 0 atom stereocenters. The lowest BCUT2D eigenvalue weighted by molar-refractivity contribution is 0.151. The monoisotopic (exact) mass is 296 g/mol. The second-order valence-corrected chi connectivity index (χ2v) is 6.11. The molecule has 0 bridgehead atoms. The molecule has 1 saturated carbocycles. The highest BCUT2D eigenvalue weighted by Gasteiger charge is 2.35. The summed E-state index contributed by atoms with van der Waals surface area (Å²) in [4.78, 5) is 0. The summed E-state index contributed by atoms with van der Waals surface area (Å²) in [6.45, 7) is 4.35. The quantitative estimate of drug-likeness (QED) is 0.868. The van der Waals surface area contributed by atoms with Gasteiger partial charge in [0.05, 0.1) is 0 Å². The normalized spacial score (nSPS) is 17.6. The van der Waals surface area contributed by atoms with E-state index in [2.05, 4.69) is 51.7 Å². The SMILES string of the molecule is CNCC1(CNc2cc(Br)ccc2C)CCC1. The van der Waals surface area contributed by atoms with Crippen LogP contribution in [0.5, 0.6) is 0 Å². The molecule has 3 heteroatoms. The number of nitrogens with one attached hydrogen (secondary N) is 2. The summed E-state index contributed by atoms with van der Waals surface area (Å²) in [7, 11) is 2.05. The molecule has 2 nitrogen and oxygen atoms in total. The lowest BCUT2D eigenvalue weighted by atomic mass is 9.68. The summed E-state index contributed by atoms with van der Waals surface area (Å²) < 4.78 is 1.14. The van der Waals surface area contributed by atoms with Gasteiger partial charge >= 0.3 is 0 Å². The van der Waals surface area contributed by atoms with E-state index in [-0.39, 0.29) is 0 Å². The van der Waals surface area contributed by atoms with Crippen LogP contribution in [-0.2, 0) is 0 Å². The minimum Gasteiger partial charge on any atom is -0.384 e. The first-order chi connectivity index (χ1) is 8.15. The Morgan fingerprint density at radius 1 is 1.29 bits per heavy atom. The van der Waals surface area contributed by atoms with Crippen molar-refractivity contribution in [2.45, 2.75) is 26.2 Å². The van der Waals surface area contributed by atoms with Gasteiger partial charge in [0.1, 0.15) is 0 Å². The van der Waals surface area contributed by atoms with Gasteiger partial charge in [-0.1, -0.05) is 28.4 Å². The molecule has 0 aliphatic heterocycles. The number of rotatable bonds is 5. The standard InChI is InChI=1S/C14H21BrN2/c1-11-4-5-12(15)8-13(11)17-10-14(9-16-2)6-3-7-14/h4-5,8,16-17H,3,6-7,9-10H2,1-2H3. The first-order valence-corrected chi connectivity index (χ1v) is 7.09. The van der Waals surface area contributed by atoms with Crippen molar-refractivity contribution in [3.8, 4) is 0 Å². The zero-order chi connectivity index (χ0) is 12.3. The molecule has 0 radical (unpaired) electrons. The Morgan fingerprint density at radius 2 is 2.06 bits per heavy atom. The van der Waals surface area contributed by atoms with Gasteiger partial charge in [-0.3, -0.25) is 0 Å². The first-order valence-electron chi connectivity index (χ1n) is 6.30. The molecule has 0 amide bonds. The van der Waals surface area contributed by atoms with Crippen LogP contribution in [0.15, 0.2) is 22.7 Å². The average Bonchev–Trinajstić information content (AvgIpc) is 2.26. The molecule has 1 aromatic rings. The van der Waals surface area contributed by atoms with Crippen molar-refractivity contribution in [3.63, 3.8) is 0 Å². The molecule has 1 aliphatic carbocycles. The van der Waals surface area contributed by atoms with E-state index >= 15 is 0 Å². The molecule has 0 heterocycles. The zero-order valence-corrected chi connectivity index (χ0v) is 12.2. The van der Waals surface area contributed by atoms with E-state index in [1.54, 1.807) is 0 Å². The van der Waals surface area contributed by atoms with Gasteiger partial charge in [0.2, 0.25) is 0 Å². The summed E-state index contributed by atoms with van der Waals surface area (Å²) in [5, 5.41) is 6.93. The van der Waals surface area contributed by atoms with E-state index in [0.29, 0.717) is 5.41 Å². The molecule has 2 rings (SSSR count). The van der Waals surface area contributed by atoms with Gasteiger partial charge in [0, 0.05) is 28.7 Å². The predicted molar refractivity (Wildman–Crippen MR) is 77.6 cm³/mol. The number of hydrogen-bond donors (Lipinski definition) is 2. The number of aryl methyl sites for hydroxylation is 1. The topological polar surface area (TPSA) is 24.1 Å². The maximum Gasteiger partial charge on any atom is 0.0381 e. The van der Waals surface area contributed by atoms with E-state index in [1.807, 2.05) is 7.05 Å². The molecular formula is C14H21BrN2. The van der Waals surface area contributed by atoms with Crippen molar-refractivity contribution >= 4 is 21.6 Å². The van der Waals surface area contributed by atoms with Crippen molar-refractivity contribution in [2.75, 3.05) is 25.5 Å². The third kappa shape index (κ3) is 3.02. The number of hydrogen-bond acceptors (Lipinski definition) is 2. The minimum absolute atomic E-state index is 0.476. The summed E-state index contributed by atoms with van der Waals surface area (Å²) >= 11 is 3.53. The molecule has 0 aromatic heterocycles. The van der Waals surface area contributed by atoms with Crippen LogP contribution in [0, 0.1) is 12.3 Å². The Balaban J connectivity index is 1.99. The number of anilines is 1. The van der Waals surface area contributed by atoms with Crippen LogP contribution in [0.25, 0.3) is 0 Å². The molecular weight excluding hydrogens is 276 g/mol.